The van der Waals surface area contributed by atoms with Crippen molar-refractivity contribution in [2.24, 2.45) is 0 Å². The van der Waals surface area contributed by atoms with Crippen molar-refractivity contribution < 1.29 is 19.4 Å². The number of hydrogen-bond acceptors (Lipinski definition) is 4. The first-order valence-electron chi connectivity index (χ1n) is 10.3. The molecule has 1 aromatic carbocycles. The van der Waals surface area contributed by atoms with E-state index in [-0.39, 0.29) is 11.1 Å². The van der Waals surface area contributed by atoms with E-state index in [0.29, 0.717) is 6.61 Å². The van der Waals surface area contributed by atoms with E-state index in [9.17, 15) is 14.7 Å². The van der Waals surface area contributed by atoms with E-state index >= 15 is 0 Å². The van der Waals surface area contributed by atoms with E-state index in [2.05, 4.69) is 13.0 Å². The molecule has 4 rings (SSSR count). The summed E-state index contributed by atoms with van der Waals surface area (Å²) in [5.74, 6) is -0.450. The van der Waals surface area contributed by atoms with Gasteiger partial charge in [0.25, 0.3) is 0 Å². The first-order chi connectivity index (χ1) is 14.0. The Hall–Kier alpha value is -2.60. The molecule has 1 saturated carbocycles. The van der Waals surface area contributed by atoms with Gasteiger partial charge in [0.2, 0.25) is 0 Å². The molecule has 0 amide bonds. The molecule has 2 aromatic rings. The van der Waals surface area contributed by atoms with Crippen LogP contribution in [0.2, 0.25) is 0 Å². The Bertz CT molecular complexity index is 1000. The van der Waals surface area contributed by atoms with Gasteiger partial charge in [-0.3, -0.25) is 4.79 Å². The summed E-state index contributed by atoms with van der Waals surface area (Å²) >= 11 is 0. The van der Waals surface area contributed by atoms with Gasteiger partial charge in [-0.05, 0) is 49.8 Å². The number of carboxylic acid groups (broad SMARTS) is 1. The second-order valence-corrected chi connectivity index (χ2v) is 8.09. The number of nitrogens with zero attached hydrogens (tertiary/aromatic N) is 1. The molecule has 1 N–H and O–H groups in total. The third kappa shape index (κ3) is 3.35. The average molecular weight is 397 g/mol. The number of fused-ring (bicyclic) bond motifs is 4. The Morgan fingerprint density at radius 1 is 1.28 bits per heavy atom. The zero-order valence-electron chi connectivity index (χ0n) is 17.0. The number of carboxylic acids is 1. The number of aromatic nitrogens is 1. The maximum atomic E-state index is 12.4. The predicted octanol–water partition coefficient (Wildman–Crippen LogP) is 3.97. The summed E-state index contributed by atoms with van der Waals surface area (Å²) in [7, 11) is 1.63. The van der Waals surface area contributed by atoms with Crippen LogP contribution in [-0.2, 0) is 23.3 Å². The van der Waals surface area contributed by atoms with Gasteiger partial charge in [-0.1, -0.05) is 13.3 Å². The Kier molecular flexibility index (Phi) is 5.21. The van der Waals surface area contributed by atoms with Gasteiger partial charge in [0.1, 0.15) is 11.3 Å². The van der Waals surface area contributed by atoms with Gasteiger partial charge in [-0.25, -0.2) is 4.79 Å². The summed E-state index contributed by atoms with van der Waals surface area (Å²) in [4.78, 5) is 24.0. The van der Waals surface area contributed by atoms with Crippen molar-refractivity contribution in [1.29, 1.82) is 0 Å². The van der Waals surface area contributed by atoms with Crippen LogP contribution in [0, 0.1) is 0 Å². The molecule has 1 aromatic heterocycles. The fourth-order valence-electron chi connectivity index (χ4n) is 4.53. The summed E-state index contributed by atoms with van der Waals surface area (Å²) in [5, 5.41) is 9.42. The Morgan fingerprint density at radius 2 is 2.07 bits per heavy atom. The van der Waals surface area contributed by atoms with Crippen molar-refractivity contribution >= 4 is 5.97 Å². The molecule has 0 atom stereocenters. The van der Waals surface area contributed by atoms with E-state index in [4.69, 9.17) is 9.47 Å². The molecule has 0 unspecified atom stereocenters. The van der Waals surface area contributed by atoms with Crippen LogP contribution in [0.5, 0.6) is 5.75 Å². The topological polar surface area (TPSA) is 77.8 Å². The summed E-state index contributed by atoms with van der Waals surface area (Å²) < 4.78 is 13.5. The van der Waals surface area contributed by atoms with Gasteiger partial charge in [-0.2, -0.15) is 0 Å². The minimum atomic E-state index is -1.18. The van der Waals surface area contributed by atoms with Crippen molar-refractivity contribution in [1.82, 2.24) is 4.57 Å². The predicted molar refractivity (Wildman–Crippen MR) is 110 cm³/mol. The van der Waals surface area contributed by atoms with Crippen molar-refractivity contribution in [2.75, 3.05) is 13.7 Å². The molecule has 1 aliphatic carbocycles. The van der Waals surface area contributed by atoms with Crippen LogP contribution in [0.25, 0.3) is 11.3 Å². The number of carbonyl (C=O) groups is 1. The second kappa shape index (κ2) is 7.67. The second-order valence-electron chi connectivity index (χ2n) is 8.09. The molecule has 6 nitrogen and oxygen atoms in total. The Balaban J connectivity index is 1.81. The summed E-state index contributed by atoms with van der Waals surface area (Å²) in [6.07, 6.45) is 7.55. The van der Waals surface area contributed by atoms with E-state index < -0.39 is 11.4 Å². The quantitative estimate of drug-likeness (QED) is 0.715. The van der Waals surface area contributed by atoms with Crippen LogP contribution in [0.3, 0.4) is 0 Å². The standard InChI is InChI=1S/C23H27NO5/c1-3-4-8-29-14-16-9-15-12-23(6-5-7-23)24-13-18(22(26)27)20(25)11-19(24)17(15)10-21(16)28-2/h9-11,13H,3-8,12,14H2,1-2H3,(H,26,27). The molecule has 154 valence electrons. The zero-order valence-corrected chi connectivity index (χ0v) is 17.0. The number of pyridine rings is 1. The van der Waals surface area contributed by atoms with Gasteiger partial charge in [-0.15, -0.1) is 0 Å². The first kappa shape index (κ1) is 19.7. The van der Waals surface area contributed by atoms with E-state index in [1.165, 1.54) is 17.8 Å². The van der Waals surface area contributed by atoms with E-state index in [1.807, 2.05) is 10.6 Å². The summed E-state index contributed by atoms with van der Waals surface area (Å²) in [6, 6.07) is 5.57. The molecule has 0 saturated heterocycles. The Morgan fingerprint density at radius 3 is 2.69 bits per heavy atom. The highest BCUT2D eigenvalue weighted by atomic mass is 16.5. The number of ether oxygens (including phenoxy) is 2. The van der Waals surface area contributed by atoms with Crippen LogP contribution in [0.4, 0.5) is 0 Å². The van der Waals surface area contributed by atoms with Gasteiger partial charge in [0, 0.05) is 35.5 Å². The number of unbranched alkanes of at least 4 members (excludes halogenated alkanes) is 1. The lowest BCUT2D eigenvalue weighted by Gasteiger charge is -2.48. The van der Waals surface area contributed by atoms with E-state index in [1.54, 1.807) is 7.11 Å². The largest absolute Gasteiger partial charge is 0.496 e. The third-order valence-corrected chi connectivity index (χ3v) is 6.28. The fraction of sp³-hybridized carbons (Fsp3) is 0.478. The maximum Gasteiger partial charge on any atom is 0.341 e. The number of methoxy groups -OCH3 is 1. The van der Waals surface area contributed by atoms with Crippen LogP contribution < -0.4 is 10.2 Å². The SMILES string of the molecule is CCCCOCc1cc2c(cc1OC)-c1cc(=O)c(C(=O)O)cn1C1(CCC1)C2. The molecule has 6 heteroatoms. The van der Waals surface area contributed by atoms with Crippen LogP contribution in [0.1, 0.15) is 60.5 Å². The van der Waals surface area contributed by atoms with Crippen LogP contribution in [-0.4, -0.2) is 29.4 Å². The molecule has 2 aliphatic rings. The molecule has 1 aliphatic heterocycles. The van der Waals surface area contributed by atoms with Gasteiger partial charge in [0.15, 0.2) is 5.43 Å². The normalized spacial score (nSPS) is 16.1. The molecular formula is C23H27NO5. The number of benzene rings is 1. The highest BCUT2D eigenvalue weighted by molar-refractivity contribution is 5.88. The van der Waals surface area contributed by atoms with Gasteiger partial charge < -0.3 is 19.1 Å². The molecule has 1 fully saturated rings. The minimum absolute atomic E-state index is 0.144. The van der Waals surface area contributed by atoms with Crippen molar-refractivity contribution in [3.63, 3.8) is 0 Å². The number of hydrogen-bond donors (Lipinski definition) is 1. The first-order valence-corrected chi connectivity index (χ1v) is 10.3. The highest BCUT2D eigenvalue weighted by Crippen LogP contribution is 2.49. The molecule has 29 heavy (non-hydrogen) atoms. The summed E-state index contributed by atoms with van der Waals surface area (Å²) in [6.45, 7) is 3.35. The highest BCUT2D eigenvalue weighted by Gasteiger charge is 2.43. The average Bonchev–Trinajstić information content (AvgIpc) is 2.68. The number of aromatic carboxylic acids is 1. The summed E-state index contributed by atoms with van der Waals surface area (Å²) in [5.41, 5.74) is 3.11. The van der Waals surface area contributed by atoms with Crippen LogP contribution in [0.15, 0.2) is 29.2 Å². The zero-order chi connectivity index (χ0) is 20.6. The molecular weight excluding hydrogens is 370 g/mol. The van der Waals surface area contributed by atoms with Crippen molar-refractivity contribution in [3.8, 4) is 17.0 Å². The van der Waals surface area contributed by atoms with Gasteiger partial charge in [0.05, 0.1) is 19.4 Å². The van der Waals surface area contributed by atoms with Gasteiger partial charge >= 0.3 is 5.97 Å². The van der Waals surface area contributed by atoms with Crippen LogP contribution >= 0.6 is 0 Å². The molecule has 0 bridgehead atoms. The van der Waals surface area contributed by atoms with E-state index in [0.717, 1.165) is 67.7 Å². The molecule has 0 radical (unpaired) electrons. The number of rotatable bonds is 7. The Labute approximate surface area is 170 Å². The lowest BCUT2D eigenvalue weighted by molar-refractivity contribution is 0.0691. The lowest BCUT2D eigenvalue weighted by Crippen LogP contribution is -2.46. The molecule has 2 heterocycles. The minimum Gasteiger partial charge on any atom is -0.496 e. The fourth-order valence-corrected chi connectivity index (χ4v) is 4.53. The maximum absolute atomic E-state index is 12.4. The smallest absolute Gasteiger partial charge is 0.341 e. The van der Waals surface area contributed by atoms with Crippen molar-refractivity contribution in [2.45, 2.75) is 57.6 Å². The molecule has 1 spiro atoms. The monoisotopic (exact) mass is 397 g/mol. The third-order valence-electron chi connectivity index (χ3n) is 6.28. The lowest BCUT2D eigenvalue weighted by atomic mass is 9.69. The van der Waals surface area contributed by atoms with Crippen molar-refractivity contribution in [3.05, 3.63) is 51.3 Å².